The highest BCUT2D eigenvalue weighted by Gasteiger charge is 2.57. The van der Waals surface area contributed by atoms with Gasteiger partial charge in [0.15, 0.2) is 11.5 Å². The number of ketones is 1. The largest absolute Gasteiger partial charge is 0.493 e. The van der Waals surface area contributed by atoms with Crippen molar-refractivity contribution in [2.75, 3.05) is 55.1 Å². The lowest BCUT2D eigenvalue weighted by Crippen LogP contribution is -2.46. The molecule has 1 saturated heterocycles. The fourth-order valence-electron chi connectivity index (χ4n) is 9.11. The summed E-state index contributed by atoms with van der Waals surface area (Å²) in [4.78, 5) is 28.4. The number of alkyl halides is 5. The second-order valence-electron chi connectivity index (χ2n) is 14.8. The quantitative estimate of drug-likeness (QED) is 0.218. The Hall–Kier alpha value is -3.26. The van der Waals surface area contributed by atoms with E-state index in [0.717, 1.165) is 49.2 Å². The summed E-state index contributed by atoms with van der Waals surface area (Å²) in [6.45, 7) is 5.00. The Bertz CT molecular complexity index is 1630. The smallest absolute Gasteiger partial charge is 0.453 e. The molecule has 4 aliphatic rings. The Labute approximate surface area is 303 Å². The first-order valence-corrected chi connectivity index (χ1v) is 19.6. The molecule has 52 heavy (non-hydrogen) atoms. The zero-order valence-corrected chi connectivity index (χ0v) is 30.4. The van der Waals surface area contributed by atoms with Crippen LogP contribution < -0.4 is 19.7 Å². The van der Waals surface area contributed by atoms with Crippen LogP contribution in [0.4, 0.5) is 38.1 Å². The van der Waals surface area contributed by atoms with Gasteiger partial charge in [-0.1, -0.05) is 6.92 Å². The lowest BCUT2D eigenvalue weighted by atomic mass is 9.52. The number of hydrogen-bond donors (Lipinski definition) is 1. The van der Waals surface area contributed by atoms with Crippen LogP contribution in [0.3, 0.4) is 0 Å². The van der Waals surface area contributed by atoms with E-state index in [9.17, 15) is 35.8 Å². The standard InChI is InChI=1S/C38H47F5N2O6S/c1-36-14-12-28-29-23-31(49-2)32(51-35(47)44-26-6-8-27(9-7-26)45-15-17-50-18-16-45)22-25(29)21-24(34(28)30(36)10-11-33(36)46)5-3-19-52(48)20-4-13-37(39,40)38(41,42)43/h6-9,22-24,28,30,34H,3-5,10-21H2,1-2H3,(H,44,47)/t24-,28-,30+,34-,36+,52?/m1/s1. The van der Waals surface area contributed by atoms with E-state index in [1.807, 2.05) is 36.4 Å². The number of rotatable bonds is 12. The van der Waals surface area contributed by atoms with Crippen LogP contribution in [0.1, 0.15) is 75.3 Å². The predicted octanol–water partition coefficient (Wildman–Crippen LogP) is 8.30. The van der Waals surface area contributed by atoms with Gasteiger partial charge in [0.25, 0.3) is 0 Å². The molecule has 14 heteroatoms. The summed E-state index contributed by atoms with van der Waals surface area (Å²) >= 11 is 0. The van der Waals surface area contributed by atoms with Crippen molar-refractivity contribution in [1.29, 1.82) is 0 Å². The highest BCUT2D eigenvalue weighted by Crippen LogP contribution is 2.62. The summed E-state index contributed by atoms with van der Waals surface area (Å²) in [6.07, 6.45) is -3.45. The number of fused-ring (bicyclic) bond motifs is 5. The van der Waals surface area contributed by atoms with Gasteiger partial charge in [0.05, 0.1) is 20.3 Å². The van der Waals surface area contributed by atoms with Crippen molar-refractivity contribution in [3.8, 4) is 11.5 Å². The first kappa shape index (κ1) is 38.5. The van der Waals surface area contributed by atoms with Crippen LogP contribution in [0.15, 0.2) is 36.4 Å². The van der Waals surface area contributed by atoms with Crippen LogP contribution in [0.25, 0.3) is 0 Å². The van der Waals surface area contributed by atoms with Crippen LogP contribution in [-0.2, 0) is 26.8 Å². The van der Waals surface area contributed by atoms with Crippen LogP contribution in [-0.4, -0.2) is 73.1 Å². The van der Waals surface area contributed by atoms with E-state index in [1.165, 1.54) is 7.11 Å². The molecule has 0 bridgehead atoms. The molecule has 8 nitrogen and oxygen atoms in total. The zero-order valence-electron chi connectivity index (χ0n) is 29.6. The van der Waals surface area contributed by atoms with E-state index in [-0.39, 0.29) is 40.9 Å². The van der Waals surface area contributed by atoms with Gasteiger partial charge in [-0.25, -0.2) is 4.79 Å². The van der Waals surface area contributed by atoms with E-state index in [0.29, 0.717) is 56.1 Å². The number of halogens is 5. The van der Waals surface area contributed by atoms with Gasteiger partial charge < -0.3 is 19.1 Å². The number of benzene rings is 2. The number of nitrogens with zero attached hydrogens (tertiary/aromatic N) is 1. The SMILES string of the molecule is COc1cc2c(cc1OC(=O)Nc1ccc(N3CCOCC3)cc1)C[C@@H](CCCS(=O)CCCC(F)(F)C(F)(F)F)[C@@H]1[C@@H]2CC[C@]2(C)C(=O)CC[C@@H]12. The van der Waals surface area contributed by atoms with Crippen LogP contribution >= 0.6 is 0 Å². The molecule has 2 saturated carbocycles. The average molecular weight is 755 g/mol. The Kier molecular flexibility index (Phi) is 11.5. The number of Topliss-reactive ketones (excluding diaryl/α,β-unsaturated/α-hetero) is 1. The Morgan fingerprint density at radius 3 is 2.44 bits per heavy atom. The number of hydrogen-bond acceptors (Lipinski definition) is 7. The summed E-state index contributed by atoms with van der Waals surface area (Å²) < 4.78 is 94.0. The second kappa shape index (κ2) is 15.6. The maximum Gasteiger partial charge on any atom is 0.453 e. The number of amides is 1. The summed E-state index contributed by atoms with van der Waals surface area (Å²) in [5.41, 5.74) is 3.32. The number of nitrogens with one attached hydrogen (secondary N) is 1. The fourth-order valence-corrected chi connectivity index (χ4v) is 10.3. The van der Waals surface area contributed by atoms with E-state index < -0.39 is 47.2 Å². The second-order valence-corrected chi connectivity index (χ2v) is 16.5. The minimum Gasteiger partial charge on any atom is -0.493 e. The molecule has 2 aromatic carbocycles. The molecule has 1 aliphatic heterocycles. The van der Waals surface area contributed by atoms with Crippen molar-refractivity contribution >= 4 is 34.1 Å². The molecule has 3 fully saturated rings. The number of carbonyl (C=O) groups excluding carboxylic acids is 2. The molecule has 0 spiro atoms. The predicted molar refractivity (Wildman–Crippen MR) is 188 cm³/mol. The number of carbonyl (C=O) groups is 2. The average Bonchev–Trinajstić information content (AvgIpc) is 3.41. The van der Waals surface area contributed by atoms with Gasteiger partial charge >= 0.3 is 18.2 Å². The molecule has 1 N–H and O–H groups in total. The molecule has 6 rings (SSSR count). The summed E-state index contributed by atoms with van der Waals surface area (Å²) in [6, 6.07) is 11.3. The topological polar surface area (TPSA) is 94.2 Å². The third kappa shape index (κ3) is 8.12. The van der Waals surface area contributed by atoms with Gasteiger partial charge in [0, 0.05) is 65.0 Å². The van der Waals surface area contributed by atoms with Gasteiger partial charge in [0.2, 0.25) is 0 Å². The Morgan fingerprint density at radius 2 is 1.75 bits per heavy atom. The lowest BCUT2D eigenvalue weighted by molar-refractivity contribution is -0.284. The minimum atomic E-state index is -5.62. The number of anilines is 2. The normalized spacial score (nSPS) is 26.6. The zero-order chi connectivity index (χ0) is 37.3. The maximum atomic E-state index is 13.3. The maximum absolute atomic E-state index is 13.3. The lowest BCUT2D eigenvalue weighted by Gasteiger charge is -2.52. The molecule has 1 unspecified atom stereocenters. The summed E-state index contributed by atoms with van der Waals surface area (Å²) in [5, 5.41) is 2.79. The van der Waals surface area contributed by atoms with Gasteiger partial charge in [-0.2, -0.15) is 22.0 Å². The summed E-state index contributed by atoms with van der Waals surface area (Å²) in [5.74, 6) is -3.23. The first-order chi connectivity index (χ1) is 24.7. The van der Waals surface area contributed by atoms with Crippen molar-refractivity contribution in [3.05, 3.63) is 47.5 Å². The van der Waals surface area contributed by atoms with Crippen LogP contribution in [0.2, 0.25) is 0 Å². The van der Waals surface area contributed by atoms with Crippen molar-refractivity contribution in [3.63, 3.8) is 0 Å². The van der Waals surface area contributed by atoms with Crippen molar-refractivity contribution in [1.82, 2.24) is 0 Å². The van der Waals surface area contributed by atoms with Crippen molar-refractivity contribution in [2.45, 2.75) is 82.7 Å². The highest BCUT2D eigenvalue weighted by molar-refractivity contribution is 7.84. The molecular formula is C38H47F5N2O6S. The van der Waals surface area contributed by atoms with Crippen molar-refractivity contribution in [2.24, 2.45) is 23.2 Å². The molecule has 1 amide bonds. The Balaban J connectivity index is 1.15. The first-order valence-electron chi connectivity index (χ1n) is 18.2. The Morgan fingerprint density at radius 1 is 1.04 bits per heavy atom. The van der Waals surface area contributed by atoms with Gasteiger partial charge in [0.1, 0.15) is 5.78 Å². The third-order valence-electron chi connectivity index (χ3n) is 11.8. The minimum absolute atomic E-state index is 0.111. The molecule has 2 aromatic rings. The third-order valence-corrected chi connectivity index (χ3v) is 13.3. The summed E-state index contributed by atoms with van der Waals surface area (Å²) in [7, 11) is -0.0121. The molecule has 3 aliphatic carbocycles. The molecular weight excluding hydrogens is 707 g/mol. The monoisotopic (exact) mass is 754 g/mol. The van der Waals surface area contributed by atoms with Crippen molar-refractivity contribution < 1.29 is 50.0 Å². The number of morpholine rings is 1. The molecule has 1 heterocycles. The molecule has 0 radical (unpaired) electrons. The van der Waals surface area contributed by atoms with Gasteiger partial charge in [-0.15, -0.1) is 0 Å². The molecule has 6 atom stereocenters. The van der Waals surface area contributed by atoms with Crippen LogP contribution in [0, 0.1) is 23.2 Å². The van der Waals surface area contributed by atoms with E-state index in [1.54, 1.807) is 0 Å². The highest BCUT2D eigenvalue weighted by atomic mass is 32.2. The fraction of sp³-hybridized carbons (Fsp3) is 0.632. The molecule has 286 valence electrons. The van der Waals surface area contributed by atoms with E-state index >= 15 is 0 Å². The van der Waals surface area contributed by atoms with E-state index in [2.05, 4.69) is 17.1 Å². The van der Waals surface area contributed by atoms with Crippen LogP contribution in [0.5, 0.6) is 11.5 Å². The van der Waals surface area contributed by atoms with E-state index in [4.69, 9.17) is 14.2 Å². The van der Waals surface area contributed by atoms with Gasteiger partial charge in [-0.05, 0) is 116 Å². The number of ether oxygens (including phenoxy) is 3. The molecule has 0 aromatic heterocycles. The number of methoxy groups -OCH3 is 1. The van der Waals surface area contributed by atoms with Gasteiger partial charge in [-0.3, -0.25) is 14.3 Å².